The highest BCUT2D eigenvalue weighted by Crippen LogP contribution is 2.03. The van der Waals surface area contributed by atoms with Gasteiger partial charge in [0.25, 0.3) is 0 Å². The second-order valence-electron chi connectivity index (χ2n) is 19.5. The molecule has 0 atom stereocenters. The third-order valence-corrected chi connectivity index (χ3v) is 6.11. The molecule has 6 amide bonds. The van der Waals surface area contributed by atoms with E-state index in [9.17, 15) is 38.4 Å². The molecule has 0 radical (unpaired) electrons. The van der Waals surface area contributed by atoms with Crippen molar-refractivity contribution < 1.29 is 64.0 Å². The van der Waals surface area contributed by atoms with E-state index in [1.54, 1.807) is 11.9 Å². The van der Waals surface area contributed by atoms with E-state index in [4.69, 9.17) is 25.6 Å². The van der Waals surface area contributed by atoms with Gasteiger partial charge in [0.1, 0.15) is 0 Å². The Morgan fingerprint density at radius 2 is 0.778 bits per heavy atom. The van der Waals surface area contributed by atoms with Crippen LogP contribution in [0, 0.1) is 0 Å². The average molecular weight is 911 g/mol. The number of carbonyl (C=O) groups is 8. The third-order valence-electron chi connectivity index (χ3n) is 6.11. The number of nitrogens with one attached hydrogen (secondary N) is 7. The summed E-state index contributed by atoms with van der Waals surface area (Å²) in [6.45, 7) is 30.1. The molecule has 0 heterocycles. The highest BCUT2D eigenvalue weighted by atomic mass is 16.5. The number of aliphatic hydroxyl groups excluding tert-OH is 2. The first-order valence-electron chi connectivity index (χ1n) is 20.8. The summed E-state index contributed by atoms with van der Waals surface area (Å²) in [4.78, 5) is 88.2. The zero-order valence-electron chi connectivity index (χ0n) is 41.1. The van der Waals surface area contributed by atoms with Crippen molar-refractivity contribution in [2.45, 2.75) is 176 Å². The van der Waals surface area contributed by atoms with E-state index in [2.05, 4.69) is 31.9 Å². The van der Waals surface area contributed by atoms with E-state index in [0.29, 0.717) is 26.1 Å². The standard InChI is InChI=1S/C9H20N2O2.C9H17NO3.C8H16N2O3.C8H18N2O2.C8H15NO3/c1-9(2,3)10-8(13)7-11(4)5-6-12;1-9(2,3)10-7(11)5-4-6-8(12)13;1-8(2,3)9-6(11)4-5-7(12)10-13;1-8(2,3)10-7(12)6-9-4-5-11;1-8(2,3)9-6(10)4-5-7(11)12/h12H,5-7H2,1-4H3,(H,10,13);4-6H2,1-3H3,(H,10,11)(H,12,13);13H,4-5H2,1-3H3,(H,9,11)(H,10,12);9,11H,4-6H2,1-3H3,(H,10,12);4-5H2,1-3H3,(H,9,10)(H,11,12). The highest BCUT2D eigenvalue weighted by Gasteiger charge is 2.17. The number of amides is 6. The molecule has 0 aliphatic rings. The van der Waals surface area contributed by atoms with Crippen LogP contribution in [0.4, 0.5) is 0 Å². The van der Waals surface area contributed by atoms with Crippen LogP contribution in [-0.2, 0) is 38.4 Å². The molecule has 63 heavy (non-hydrogen) atoms. The zero-order chi connectivity index (χ0) is 50.8. The third kappa shape index (κ3) is 69.5. The Balaban J connectivity index is -0.000000223. The fourth-order valence-corrected chi connectivity index (χ4v) is 4.04. The van der Waals surface area contributed by atoms with E-state index >= 15 is 0 Å². The summed E-state index contributed by atoms with van der Waals surface area (Å²) in [5.74, 6) is -2.92. The monoisotopic (exact) mass is 911 g/mol. The van der Waals surface area contributed by atoms with Crippen LogP contribution in [0.25, 0.3) is 0 Å². The topological polar surface area (TPSA) is 325 Å². The first-order valence-corrected chi connectivity index (χ1v) is 20.8. The molecule has 0 aromatic rings. The van der Waals surface area contributed by atoms with Gasteiger partial charge in [-0.05, 0) is 117 Å². The molecule has 0 aromatic carbocycles. The summed E-state index contributed by atoms with van der Waals surface area (Å²) in [5, 5.41) is 58.4. The summed E-state index contributed by atoms with van der Waals surface area (Å²) in [6, 6.07) is 0. The molecular weight excluding hydrogens is 825 g/mol. The van der Waals surface area contributed by atoms with Crippen molar-refractivity contribution in [1.29, 1.82) is 0 Å². The van der Waals surface area contributed by atoms with Crippen LogP contribution in [0.5, 0.6) is 0 Å². The van der Waals surface area contributed by atoms with Gasteiger partial charge in [-0.15, -0.1) is 0 Å². The Kier molecular flexibility index (Phi) is 37.5. The number of hydroxylamine groups is 1. The Hall–Kier alpha value is -4.44. The molecule has 21 nitrogen and oxygen atoms in total. The normalized spacial score (nSPS) is 11.2. The van der Waals surface area contributed by atoms with Crippen molar-refractivity contribution in [1.82, 2.24) is 42.3 Å². The molecule has 0 aromatic heterocycles. The minimum absolute atomic E-state index is 0.00157. The summed E-state index contributed by atoms with van der Waals surface area (Å²) in [5.41, 5.74) is 0.295. The smallest absolute Gasteiger partial charge is 0.303 e. The molecule has 0 unspecified atom stereocenters. The molecule has 0 saturated heterocycles. The lowest BCUT2D eigenvalue weighted by atomic mass is 10.1. The number of aliphatic hydroxyl groups is 2. The van der Waals surface area contributed by atoms with Crippen molar-refractivity contribution >= 4 is 47.4 Å². The molecule has 12 N–H and O–H groups in total. The van der Waals surface area contributed by atoms with Crippen molar-refractivity contribution in [2.75, 3.05) is 46.4 Å². The highest BCUT2D eigenvalue weighted by molar-refractivity contribution is 5.83. The number of hydrogen-bond donors (Lipinski definition) is 12. The summed E-state index contributed by atoms with van der Waals surface area (Å²) < 4.78 is 0. The van der Waals surface area contributed by atoms with Crippen LogP contribution in [0.15, 0.2) is 0 Å². The average Bonchev–Trinajstić information content (AvgIpc) is 3.03. The Bertz CT molecular complexity index is 1340. The largest absolute Gasteiger partial charge is 0.481 e. The fraction of sp³-hybridized carbons (Fsp3) is 0.810. The Morgan fingerprint density at radius 1 is 0.444 bits per heavy atom. The van der Waals surface area contributed by atoms with Gasteiger partial charge in [-0.1, -0.05) is 0 Å². The van der Waals surface area contributed by atoms with E-state index in [1.807, 2.05) is 104 Å². The van der Waals surface area contributed by atoms with Crippen LogP contribution < -0.4 is 37.4 Å². The quantitative estimate of drug-likeness (QED) is 0.0526. The maximum Gasteiger partial charge on any atom is 0.303 e. The number of carbonyl (C=O) groups excluding carboxylic acids is 6. The van der Waals surface area contributed by atoms with Gasteiger partial charge in [0, 0.05) is 72.9 Å². The van der Waals surface area contributed by atoms with Gasteiger partial charge < -0.3 is 52.3 Å². The van der Waals surface area contributed by atoms with Crippen LogP contribution in [0.2, 0.25) is 0 Å². The molecule has 0 aliphatic heterocycles. The maximum absolute atomic E-state index is 11.3. The number of carboxylic acids is 2. The molecule has 372 valence electrons. The van der Waals surface area contributed by atoms with Gasteiger partial charge in [-0.25, -0.2) is 5.48 Å². The molecule has 0 fully saturated rings. The van der Waals surface area contributed by atoms with E-state index in [1.165, 1.54) is 5.48 Å². The SMILES string of the molecule is CC(C)(C)NC(=O)CCC(=O)NO.CC(C)(C)NC(=O)CCC(=O)O.CC(C)(C)NC(=O)CCCC(=O)O.CC(C)(C)NC(=O)CNCCO.CN(CCO)CC(=O)NC(C)(C)C. The van der Waals surface area contributed by atoms with Crippen molar-refractivity contribution in [2.24, 2.45) is 0 Å². The number of carboxylic acid groups (broad SMARTS) is 2. The van der Waals surface area contributed by atoms with Gasteiger partial charge in [0.2, 0.25) is 35.4 Å². The molecule has 0 saturated carbocycles. The van der Waals surface area contributed by atoms with E-state index in [-0.39, 0.29) is 116 Å². The Labute approximate surface area is 376 Å². The van der Waals surface area contributed by atoms with Gasteiger partial charge in [0.05, 0.1) is 32.7 Å². The van der Waals surface area contributed by atoms with E-state index < -0.39 is 17.8 Å². The number of likely N-dealkylation sites (N-methyl/N-ethyl adjacent to an activating group) is 1. The summed E-state index contributed by atoms with van der Waals surface area (Å²) in [7, 11) is 1.80. The molecule has 21 heteroatoms. The number of rotatable bonds is 18. The summed E-state index contributed by atoms with van der Waals surface area (Å²) >= 11 is 0. The Morgan fingerprint density at radius 3 is 1.11 bits per heavy atom. The molecule has 0 rings (SSSR count). The lowest BCUT2D eigenvalue weighted by Gasteiger charge is -2.22. The maximum atomic E-state index is 11.3. The van der Waals surface area contributed by atoms with Crippen molar-refractivity contribution in [3.63, 3.8) is 0 Å². The lowest BCUT2D eigenvalue weighted by molar-refractivity contribution is -0.139. The lowest BCUT2D eigenvalue weighted by Crippen LogP contribution is -2.45. The van der Waals surface area contributed by atoms with Gasteiger partial charge in [-0.3, -0.25) is 48.5 Å². The second kappa shape index (κ2) is 35.0. The number of nitrogens with zero attached hydrogens (tertiary/aromatic N) is 1. The number of aliphatic carboxylic acids is 2. The zero-order valence-corrected chi connectivity index (χ0v) is 41.1. The van der Waals surface area contributed by atoms with Crippen LogP contribution in [0.3, 0.4) is 0 Å². The van der Waals surface area contributed by atoms with Crippen molar-refractivity contribution in [3.05, 3.63) is 0 Å². The van der Waals surface area contributed by atoms with Gasteiger partial charge in [0.15, 0.2) is 0 Å². The van der Waals surface area contributed by atoms with Crippen LogP contribution in [0.1, 0.15) is 149 Å². The van der Waals surface area contributed by atoms with Crippen LogP contribution >= 0.6 is 0 Å². The fourth-order valence-electron chi connectivity index (χ4n) is 4.04. The van der Waals surface area contributed by atoms with Crippen LogP contribution in [-0.4, -0.2) is 152 Å². The first kappa shape index (κ1) is 67.6. The molecule has 0 bridgehead atoms. The van der Waals surface area contributed by atoms with Gasteiger partial charge >= 0.3 is 11.9 Å². The predicted octanol–water partition coefficient (Wildman–Crippen LogP) is 1.42. The van der Waals surface area contributed by atoms with Gasteiger partial charge in [-0.2, -0.15) is 0 Å². The molecule has 0 spiro atoms. The minimum atomic E-state index is -0.945. The van der Waals surface area contributed by atoms with Crippen molar-refractivity contribution in [3.8, 4) is 0 Å². The predicted molar refractivity (Wildman–Crippen MR) is 242 cm³/mol. The van der Waals surface area contributed by atoms with E-state index in [0.717, 1.165) is 0 Å². The second-order valence-corrected chi connectivity index (χ2v) is 19.5. The molecule has 0 aliphatic carbocycles. The molecular formula is C42H86N8O13. The first-order chi connectivity index (χ1) is 28.3. The summed E-state index contributed by atoms with van der Waals surface area (Å²) in [6.07, 6.45) is 0.759. The minimum Gasteiger partial charge on any atom is -0.481 e. The number of hydrogen-bond acceptors (Lipinski definition) is 13.